The number of carbonyl (C=O) groups is 2. The minimum Gasteiger partial charge on any atom is -0.493 e. The van der Waals surface area contributed by atoms with Crippen molar-refractivity contribution in [3.63, 3.8) is 0 Å². The van der Waals surface area contributed by atoms with E-state index in [0.717, 1.165) is 0 Å². The number of carbonyl (C=O) groups excluding carboxylic acids is 2. The highest BCUT2D eigenvalue weighted by Gasteiger charge is 2.17. The standard InChI is InChI=1S/C22H21ClN2O6/c1-13(22(27)25-16-7-6-15(12-24)17(23)11-16)31-20(26)8-5-14-9-18(28-2)21(30-4)19(10-14)29-3/h5-11,13H,1-4H3,(H,25,27)/b8-5+. The molecule has 2 aromatic rings. The SMILES string of the molecule is COc1cc(/C=C/C(=O)OC(C)C(=O)Nc2ccc(C#N)c(Cl)c2)cc(OC)c1OC. The average Bonchev–Trinajstić information content (AvgIpc) is 2.76. The molecule has 0 bridgehead atoms. The van der Waals surface area contributed by atoms with E-state index in [1.165, 1.54) is 58.6 Å². The van der Waals surface area contributed by atoms with Gasteiger partial charge in [-0.1, -0.05) is 11.6 Å². The van der Waals surface area contributed by atoms with Gasteiger partial charge < -0.3 is 24.3 Å². The van der Waals surface area contributed by atoms with E-state index >= 15 is 0 Å². The number of hydrogen-bond acceptors (Lipinski definition) is 7. The minimum absolute atomic E-state index is 0.207. The molecule has 0 fully saturated rings. The summed E-state index contributed by atoms with van der Waals surface area (Å²) in [5, 5.41) is 11.7. The third-order valence-electron chi connectivity index (χ3n) is 4.12. The molecule has 2 aromatic carbocycles. The van der Waals surface area contributed by atoms with Crippen LogP contribution in [0.1, 0.15) is 18.1 Å². The van der Waals surface area contributed by atoms with Crippen LogP contribution in [0.2, 0.25) is 5.02 Å². The molecule has 8 nitrogen and oxygen atoms in total. The van der Waals surface area contributed by atoms with Crippen molar-refractivity contribution in [2.24, 2.45) is 0 Å². The van der Waals surface area contributed by atoms with E-state index in [1.54, 1.807) is 12.1 Å². The number of methoxy groups -OCH3 is 3. The van der Waals surface area contributed by atoms with Gasteiger partial charge in [-0.15, -0.1) is 0 Å². The first kappa shape index (κ1) is 23.6. The summed E-state index contributed by atoms with van der Waals surface area (Å²) in [4.78, 5) is 24.4. The van der Waals surface area contributed by atoms with Crippen LogP contribution < -0.4 is 19.5 Å². The molecule has 0 saturated heterocycles. The third kappa shape index (κ3) is 6.14. The van der Waals surface area contributed by atoms with Gasteiger partial charge in [-0.25, -0.2) is 4.79 Å². The molecular weight excluding hydrogens is 424 g/mol. The molecule has 0 radical (unpaired) electrons. The predicted octanol–water partition coefficient (Wildman–Crippen LogP) is 3.82. The molecule has 0 saturated carbocycles. The summed E-state index contributed by atoms with van der Waals surface area (Å²) < 4.78 is 20.9. The lowest BCUT2D eigenvalue weighted by Crippen LogP contribution is -2.29. The Morgan fingerprint density at radius 3 is 2.26 bits per heavy atom. The van der Waals surface area contributed by atoms with Gasteiger partial charge in [0.25, 0.3) is 5.91 Å². The number of halogens is 1. The van der Waals surface area contributed by atoms with Crippen molar-refractivity contribution in [3.8, 4) is 23.3 Å². The molecule has 0 heterocycles. The van der Waals surface area contributed by atoms with E-state index in [2.05, 4.69) is 5.32 Å². The maximum absolute atomic E-state index is 12.3. The zero-order valence-electron chi connectivity index (χ0n) is 17.4. The Hall–Kier alpha value is -3.70. The van der Waals surface area contributed by atoms with Crippen molar-refractivity contribution in [2.45, 2.75) is 13.0 Å². The minimum atomic E-state index is -1.06. The zero-order valence-corrected chi connectivity index (χ0v) is 18.1. The van der Waals surface area contributed by atoms with Crippen LogP contribution in [0.4, 0.5) is 5.69 Å². The van der Waals surface area contributed by atoms with Crippen LogP contribution >= 0.6 is 11.6 Å². The predicted molar refractivity (Wildman–Crippen MR) is 115 cm³/mol. The summed E-state index contributed by atoms with van der Waals surface area (Å²) in [6, 6.07) is 9.71. The van der Waals surface area contributed by atoms with E-state index in [4.69, 9.17) is 35.8 Å². The molecule has 31 heavy (non-hydrogen) atoms. The number of nitrogens with zero attached hydrogens (tertiary/aromatic N) is 1. The monoisotopic (exact) mass is 444 g/mol. The van der Waals surface area contributed by atoms with Gasteiger partial charge >= 0.3 is 5.97 Å². The van der Waals surface area contributed by atoms with Gasteiger partial charge in [0.1, 0.15) is 6.07 Å². The van der Waals surface area contributed by atoms with Crippen LogP contribution in [-0.2, 0) is 14.3 Å². The Labute approximate surface area is 184 Å². The third-order valence-corrected chi connectivity index (χ3v) is 4.43. The highest BCUT2D eigenvalue weighted by molar-refractivity contribution is 6.32. The summed E-state index contributed by atoms with van der Waals surface area (Å²) >= 11 is 5.94. The molecule has 2 rings (SSSR count). The van der Waals surface area contributed by atoms with Crippen molar-refractivity contribution in [3.05, 3.63) is 52.6 Å². The summed E-state index contributed by atoms with van der Waals surface area (Å²) in [5.41, 5.74) is 1.27. The van der Waals surface area contributed by atoms with E-state index in [0.29, 0.717) is 28.5 Å². The van der Waals surface area contributed by atoms with Crippen molar-refractivity contribution in [1.29, 1.82) is 5.26 Å². The topological polar surface area (TPSA) is 107 Å². The Bertz CT molecular complexity index is 1020. The number of amides is 1. The van der Waals surface area contributed by atoms with Gasteiger partial charge in [0.2, 0.25) is 5.75 Å². The molecule has 0 aliphatic carbocycles. The number of nitrogens with one attached hydrogen (secondary N) is 1. The Kier molecular flexibility index (Phi) is 8.29. The lowest BCUT2D eigenvalue weighted by molar-refractivity contribution is -0.148. The number of hydrogen-bond donors (Lipinski definition) is 1. The number of esters is 1. The second-order valence-corrected chi connectivity index (χ2v) is 6.57. The van der Waals surface area contributed by atoms with Gasteiger partial charge in [0, 0.05) is 11.8 Å². The van der Waals surface area contributed by atoms with Crippen LogP contribution in [0.15, 0.2) is 36.4 Å². The lowest BCUT2D eigenvalue weighted by Gasteiger charge is -2.13. The van der Waals surface area contributed by atoms with Gasteiger partial charge in [0.05, 0.1) is 31.9 Å². The maximum Gasteiger partial charge on any atom is 0.331 e. The summed E-state index contributed by atoms with van der Waals surface area (Å²) in [6.07, 6.45) is 1.62. The van der Waals surface area contributed by atoms with E-state index < -0.39 is 18.0 Å². The highest BCUT2D eigenvalue weighted by Crippen LogP contribution is 2.38. The highest BCUT2D eigenvalue weighted by atomic mass is 35.5. The van der Waals surface area contributed by atoms with Crippen LogP contribution in [0.25, 0.3) is 6.08 Å². The average molecular weight is 445 g/mol. The maximum atomic E-state index is 12.3. The van der Waals surface area contributed by atoms with Crippen LogP contribution in [-0.4, -0.2) is 39.3 Å². The molecule has 0 spiro atoms. The molecule has 0 aromatic heterocycles. The first-order valence-corrected chi connectivity index (χ1v) is 9.40. The molecular formula is C22H21ClN2O6. The van der Waals surface area contributed by atoms with Gasteiger partial charge in [0.15, 0.2) is 17.6 Å². The zero-order chi connectivity index (χ0) is 23.0. The van der Waals surface area contributed by atoms with Gasteiger partial charge in [-0.3, -0.25) is 4.79 Å². The number of ether oxygens (including phenoxy) is 4. The normalized spacial score (nSPS) is 11.4. The van der Waals surface area contributed by atoms with Gasteiger partial charge in [-0.05, 0) is 48.9 Å². The fraction of sp³-hybridized carbons (Fsp3) is 0.227. The molecule has 1 amide bonds. The summed E-state index contributed by atoms with van der Waals surface area (Å²) in [5.74, 6) is 0.0369. The molecule has 1 unspecified atom stereocenters. The Morgan fingerprint density at radius 1 is 1.10 bits per heavy atom. The van der Waals surface area contributed by atoms with E-state index in [-0.39, 0.29) is 10.6 Å². The van der Waals surface area contributed by atoms with Crippen LogP contribution in [0.5, 0.6) is 17.2 Å². The van der Waals surface area contributed by atoms with E-state index in [9.17, 15) is 9.59 Å². The molecule has 9 heteroatoms. The number of anilines is 1. The van der Waals surface area contributed by atoms with E-state index in [1.807, 2.05) is 6.07 Å². The molecule has 162 valence electrons. The second-order valence-electron chi connectivity index (χ2n) is 6.17. The quantitative estimate of drug-likeness (QED) is 0.487. The number of benzene rings is 2. The molecule has 1 atom stereocenters. The Morgan fingerprint density at radius 2 is 1.74 bits per heavy atom. The van der Waals surface area contributed by atoms with Gasteiger partial charge in [-0.2, -0.15) is 5.26 Å². The van der Waals surface area contributed by atoms with Crippen LogP contribution in [0, 0.1) is 11.3 Å². The summed E-state index contributed by atoms with van der Waals surface area (Å²) in [6.45, 7) is 1.44. The molecule has 1 N–H and O–H groups in total. The number of nitriles is 1. The lowest BCUT2D eigenvalue weighted by atomic mass is 10.1. The second kappa shape index (κ2) is 10.9. The Balaban J connectivity index is 2.03. The number of rotatable bonds is 8. The molecule has 0 aliphatic rings. The van der Waals surface area contributed by atoms with Crippen molar-refractivity contribution in [1.82, 2.24) is 0 Å². The first-order chi connectivity index (χ1) is 14.8. The van der Waals surface area contributed by atoms with Crippen LogP contribution in [0.3, 0.4) is 0 Å². The van der Waals surface area contributed by atoms with Crippen molar-refractivity contribution in [2.75, 3.05) is 26.6 Å². The van der Waals surface area contributed by atoms with Crippen molar-refractivity contribution >= 4 is 35.2 Å². The summed E-state index contributed by atoms with van der Waals surface area (Å²) in [7, 11) is 4.46. The smallest absolute Gasteiger partial charge is 0.331 e. The van der Waals surface area contributed by atoms with Crippen molar-refractivity contribution < 1.29 is 28.5 Å². The molecule has 0 aliphatic heterocycles. The fourth-order valence-electron chi connectivity index (χ4n) is 2.56. The largest absolute Gasteiger partial charge is 0.493 e. The first-order valence-electron chi connectivity index (χ1n) is 9.02. The fourth-order valence-corrected chi connectivity index (χ4v) is 2.78.